The molecule has 15 nitrogen and oxygen atoms in total. The Morgan fingerprint density at radius 3 is 1.28 bits per heavy atom. The molecule has 1 fully saturated rings. The molecule has 6 atom stereocenters. The van der Waals surface area contributed by atoms with Crippen LogP contribution in [0.5, 0.6) is 0 Å². The van der Waals surface area contributed by atoms with Gasteiger partial charge in [-0.15, -0.1) is 0 Å². The quantitative estimate of drug-likeness (QED) is 0.124. The van der Waals surface area contributed by atoms with Crippen LogP contribution >= 0.6 is 15.6 Å². The third kappa shape index (κ3) is 16.4. The monoisotopic (exact) mass is 530 g/mol. The van der Waals surface area contributed by atoms with Crippen molar-refractivity contribution in [1.82, 2.24) is 0 Å². The first-order valence-corrected chi connectivity index (χ1v) is 9.86. The zero-order valence-electron chi connectivity index (χ0n) is 16.0. The molecule has 0 amide bonds. The van der Waals surface area contributed by atoms with E-state index in [0.717, 1.165) is 0 Å². The molecule has 1 saturated carbocycles. The summed E-state index contributed by atoms with van der Waals surface area (Å²) in [6.45, 7) is 0. The van der Waals surface area contributed by atoms with Crippen molar-refractivity contribution < 1.29 is 218 Å². The number of rotatable bonds is 6. The summed E-state index contributed by atoms with van der Waals surface area (Å²) < 4.78 is 64.1. The smallest absolute Gasteiger partial charge is 0.790 e. The van der Waals surface area contributed by atoms with Crippen molar-refractivity contribution in [3.8, 4) is 0 Å². The summed E-state index contributed by atoms with van der Waals surface area (Å²) in [5.41, 5.74) is 0. The zero-order chi connectivity index (χ0) is 19.1. The van der Waals surface area contributed by atoms with Gasteiger partial charge in [0.25, 0.3) is 0 Å². The molecule has 23 heteroatoms. The Labute approximate surface area is 275 Å². The maximum Gasteiger partial charge on any atom is 1.00 e. The minimum Gasteiger partial charge on any atom is -0.790 e. The van der Waals surface area contributed by atoms with Gasteiger partial charge in [-0.1, -0.05) is 0 Å². The van der Waals surface area contributed by atoms with Crippen molar-refractivity contribution in [2.24, 2.45) is 0 Å². The van der Waals surface area contributed by atoms with Gasteiger partial charge in [-0.2, -0.15) is 0 Å². The number of phosphoric acid groups is 2. The van der Waals surface area contributed by atoms with E-state index in [9.17, 15) is 57.0 Å². The Kier molecular flexibility index (Phi) is 26.4. The van der Waals surface area contributed by atoms with E-state index >= 15 is 0 Å². The molecule has 0 aliphatic heterocycles. The van der Waals surface area contributed by atoms with Gasteiger partial charge >= 0.3 is 148 Å². The maximum atomic E-state index is 10.6. The summed E-state index contributed by atoms with van der Waals surface area (Å²) in [6, 6.07) is 0. The SMILES string of the molecule is O=P([O-])([O-])O[C@@H]1[C@H](O)[C@H](O)[C@@H](OP(=O)([O-])[O-])[C@H](OS(=O)(=O)[O-])[C@H]1O.[Na+].[Na+].[Na+].[Na+].[Na+]. The minimum absolute atomic E-state index is 0. The van der Waals surface area contributed by atoms with Crippen LogP contribution in [0.3, 0.4) is 0 Å². The molecule has 29 heavy (non-hydrogen) atoms. The molecule has 0 aromatic rings. The third-order valence-electron chi connectivity index (χ3n) is 2.75. The van der Waals surface area contributed by atoms with Crippen molar-refractivity contribution in [1.29, 1.82) is 0 Å². The van der Waals surface area contributed by atoms with E-state index in [1.165, 1.54) is 0 Å². The van der Waals surface area contributed by atoms with Crippen molar-refractivity contribution in [3.63, 3.8) is 0 Å². The standard InChI is InChI=1S/C6H14O15P2S.5Na/c7-1-2(8)5(20-23(13,14)15)6(21-24(16,17)18)3(9)4(1)19-22(10,11)12;;;;;/h1-9H,(H2,10,11,12)(H2,13,14,15)(H,16,17,18);;;;;/q;5*+1/p-5/t1-,2+,3+,4-,5-,6-;;;;;/m1...../s1. The van der Waals surface area contributed by atoms with Gasteiger partial charge in [-0.3, -0.25) is 4.18 Å². The fourth-order valence-corrected chi connectivity index (χ4v) is 3.55. The summed E-state index contributed by atoms with van der Waals surface area (Å²) in [5, 5.41) is 28.9. The van der Waals surface area contributed by atoms with Crippen LogP contribution < -0.4 is 167 Å². The largest absolute Gasteiger partial charge is 1.00 e. The van der Waals surface area contributed by atoms with E-state index in [0.29, 0.717) is 0 Å². The van der Waals surface area contributed by atoms with Gasteiger partial charge in [0.2, 0.25) is 10.4 Å². The number of hydrogen-bond acceptors (Lipinski definition) is 15. The van der Waals surface area contributed by atoms with Crippen LogP contribution in [0.4, 0.5) is 0 Å². The first-order valence-electron chi connectivity index (χ1n) is 5.61. The van der Waals surface area contributed by atoms with Crippen LogP contribution in [0.15, 0.2) is 0 Å². The van der Waals surface area contributed by atoms with E-state index in [1.54, 1.807) is 0 Å². The Balaban J connectivity index is -0.000000384. The van der Waals surface area contributed by atoms with Crippen molar-refractivity contribution in [3.05, 3.63) is 0 Å². The van der Waals surface area contributed by atoms with Crippen LogP contribution in [0.2, 0.25) is 0 Å². The van der Waals surface area contributed by atoms with E-state index in [-0.39, 0.29) is 148 Å². The molecule has 0 unspecified atom stereocenters. The molecular formula is C6H9Na5O15P2S. The molecule has 1 rings (SSSR count). The third-order valence-corrected chi connectivity index (χ3v) is 4.21. The normalized spacial score (nSPS) is 29.7. The second kappa shape index (κ2) is 17.4. The second-order valence-corrected chi connectivity index (χ2v) is 7.69. The van der Waals surface area contributed by atoms with E-state index in [4.69, 9.17) is 0 Å². The maximum absolute atomic E-state index is 10.6. The summed E-state index contributed by atoms with van der Waals surface area (Å²) in [5.74, 6) is 0. The average molecular weight is 530 g/mol. The molecule has 0 heterocycles. The molecule has 0 bridgehead atoms. The molecule has 0 spiro atoms. The Morgan fingerprint density at radius 1 is 0.655 bits per heavy atom. The first-order chi connectivity index (χ1) is 10.5. The topological polar surface area (TPSA) is 272 Å². The van der Waals surface area contributed by atoms with Crippen LogP contribution in [-0.4, -0.2) is 64.9 Å². The Bertz CT molecular complexity index is 654. The molecule has 0 aromatic heterocycles. The van der Waals surface area contributed by atoms with Crippen LogP contribution in [-0.2, 0) is 32.8 Å². The van der Waals surface area contributed by atoms with Gasteiger partial charge in [0.1, 0.15) is 36.6 Å². The fraction of sp³-hybridized carbons (Fsp3) is 1.00. The van der Waals surface area contributed by atoms with Crippen LogP contribution in [0, 0.1) is 0 Å². The molecule has 1 aliphatic carbocycles. The molecule has 0 aromatic carbocycles. The summed E-state index contributed by atoms with van der Waals surface area (Å²) in [7, 11) is -17.6. The Morgan fingerprint density at radius 2 is 0.966 bits per heavy atom. The summed E-state index contributed by atoms with van der Waals surface area (Å²) in [6.07, 6.45) is -15.7. The van der Waals surface area contributed by atoms with Crippen LogP contribution in [0.1, 0.15) is 0 Å². The number of phosphoric ester groups is 2. The average Bonchev–Trinajstić information content (AvgIpc) is 2.32. The first kappa shape index (κ1) is 44.0. The molecule has 144 valence electrons. The van der Waals surface area contributed by atoms with Gasteiger partial charge in [-0.25, -0.2) is 8.42 Å². The summed E-state index contributed by atoms with van der Waals surface area (Å²) in [4.78, 5) is 42.3. The predicted octanol–water partition coefficient (Wildman–Crippen LogP) is -21.6. The number of aliphatic hydroxyl groups is 3. The van der Waals surface area contributed by atoms with Gasteiger partial charge in [0.05, 0.1) is 15.6 Å². The minimum atomic E-state index is -5.97. The van der Waals surface area contributed by atoms with E-state index in [1.807, 2.05) is 0 Å². The molecule has 0 saturated heterocycles. The van der Waals surface area contributed by atoms with Gasteiger partial charge in [0.15, 0.2) is 0 Å². The van der Waals surface area contributed by atoms with Crippen LogP contribution in [0.25, 0.3) is 0 Å². The molecule has 1 aliphatic rings. The second-order valence-electron chi connectivity index (χ2n) is 4.48. The predicted molar refractivity (Wildman–Crippen MR) is 57.5 cm³/mol. The number of hydrogen-bond donors (Lipinski definition) is 3. The van der Waals surface area contributed by atoms with Crippen molar-refractivity contribution in [2.75, 3.05) is 0 Å². The fourth-order valence-electron chi connectivity index (χ4n) is 1.96. The number of aliphatic hydroxyl groups excluding tert-OH is 3. The van der Waals surface area contributed by atoms with Crippen molar-refractivity contribution >= 4 is 26.0 Å². The van der Waals surface area contributed by atoms with Gasteiger partial charge in [-0.05, 0) is 0 Å². The van der Waals surface area contributed by atoms with E-state index in [2.05, 4.69) is 13.2 Å². The van der Waals surface area contributed by atoms with Gasteiger partial charge < -0.3 is 57.6 Å². The molecule has 3 N–H and O–H groups in total. The molecular weight excluding hydrogens is 521 g/mol. The van der Waals surface area contributed by atoms with Crippen molar-refractivity contribution in [2.45, 2.75) is 36.6 Å². The van der Waals surface area contributed by atoms with Gasteiger partial charge in [0, 0.05) is 0 Å². The molecule has 0 radical (unpaired) electrons. The summed E-state index contributed by atoms with van der Waals surface area (Å²) >= 11 is 0. The van der Waals surface area contributed by atoms with E-state index < -0.39 is 62.7 Å². The zero-order valence-corrected chi connectivity index (χ0v) is 28.6. The Hall–Kier alpha value is 4.97.